The van der Waals surface area contributed by atoms with Crippen LogP contribution in [0.5, 0.6) is 0 Å². The number of fused-ring (bicyclic) bond motifs is 3. The summed E-state index contributed by atoms with van der Waals surface area (Å²) in [7, 11) is 0. The average Bonchev–Trinajstić information content (AvgIpc) is 2.44. The van der Waals surface area contributed by atoms with E-state index in [1.807, 2.05) is 0 Å². The Bertz CT molecular complexity index is 319. The van der Waals surface area contributed by atoms with Gasteiger partial charge in [0.05, 0.1) is 17.3 Å². The van der Waals surface area contributed by atoms with Gasteiger partial charge in [0.25, 0.3) is 0 Å². The average molecular weight is 254 g/mol. The summed E-state index contributed by atoms with van der Waals surface area (Å²) in [6.45, 7) is 0. The van der Waals surface area contributed by atoms with Gasteiger partial charge >= 0.3 is 0 Å². The molecule has 5 atom stereocenters. The lowest BCUT2D eigenvalue weighted by molar-refractivity contribution is -0.182. The Kier molecular flexibility index (Phi) is 3.20. The van der Waals surface area contributed by atoms with Crippen molar-refractivity contribution in [3.63, 3.8) is 0 Å². The fourth-order valence-corrected chi connectivity index (χ4v) is 5.00. The van der Waals surface area contributed by atoms with Crippen LogP contribution in [-0.4, -0.2) is 32.6 Å². The van der Waals surface area contributed by atoms with Crippen LogP contribution in [0.25, 0.3) is 0 Å². The first-order valence-electron chi connectivity index (χ1n) is 7.69. The third kappa shape index (κ3) is 1.83. The molecule has 3 saturated carbocycles. The van der Waals surface area contributed by atoms with Crippen molar-refractivity contribution in [3.8, 4) is 0 Å². The molecule has 3 rings (SSSR count). The van der Waals surface area contributed by atoms with E-state index in [0.29, 0.717) is 12.8 Å². The van der Waals surface area contributed by atoms with Gasteiger partial charge in [-0.25, -0.2) is 0 Å². The summed E-state index contributed by atoms with van der Waals surface area (Å²) >= 11 is 0. The third-order valence-corrected chi connectivity index (χ3v) is 5.93. The summed E-state index contributed by atoms with van der Waals surface area (Å²) in [6.07, 6.45) is 8.62. The highest BCUT2D eigenvalue weighted by Gasteiger charge is 2.57. The third-order valence-electron chi connectivity index (χ3n) is 5.93. The molecule has 0 aromatic rings. The zero-order chi connectivity index (χ0) is 12.8. The maximum atomic E-state index is 11.2. The van der Waals surface area contributed by atoms with Crippen LogP contribution in [-0.2, 0) is 0 Å². The van der Waals surface area contributed by atoms with E-state index in [4.69, 9.17) is 0 Å². The first kappa shape index (κ1) is 12.9. The van der Waals surface area contributed by atoms with Crippen LogP contribution < -0.4 is 0 Å². The topological polar surface area (TPSA) is 60.7 Å². The van der Waals surface area contributed by atoms with Crippen molar-refractivity contribution >= 4 is 0 Å². The minimum absolute atomic E-state index is 0.0108. The molecular weight excluding hydrogens is 228 g/mol. The second-order valence-electron chi connectivity index (χ2n) is 6.85. The van der Waals surface area contributed by atoms with Crippen molar-refractivity contribution in [3.05, 3.63) is 0 Å². The number of rotatable bonds is 0. The highest BCUT2D eigenvalue weighted by atomic mass is 16.3. The van der Waals surface area contributed by atoms with Gasteiger partial charge < -0.3 is 15.3 Å². The smallest absolute Gasteiger partial charge is 0.0755 e. The van der Waals surface area contributed by atoms with E-state index in [9.17, 15) is 15.3 Å². The molecule has 3 nitrogen and oxygen atoms in total. The SMILES string of the molecule is O[C@H]1CC[C@]2(O)CCCC[C@H]2[C@]2(O)CCCC[C@@H]12. The molecule has 0 heterocycles. The van der Waals surface area contributed by atoms with Gasteiger partial charge in [-0.2, -0.15) is 0 Å². The van der Waals surface area contributed by atoms with Crippen LogP contribution in [0.3, 0.4) is 0 Å². The maximum absolute atomic E-state index is 11.2. The van der Waals surface area contributed by atoms with Crippen LogP contribution in [0.4, 0.5) is 0 Å². The van der Waals surface area contributed by atoms with Crippen LogP contribution in [0.2, 0.25) is 0 Å². The van der Waals surface area contributed by atoms with Crippen molar-refractivity contribution < 1.29 is 15.3 Å². The van der Waals surface area contributed by atoms with Gasteiger partial charge in [0.15, 0.2) is 0 Å². The molecule has 0 unspecified atom stereocenters. The normalized spacial score (nSPS) is 53.2. The minimum atomic E-state index is -0.816. The first-order chi connectivity index (χ1) is 8.56. The summed E-state index contributed by atoms with van der Waals surface area (Å²) in [4.78, 5) is 0. The molecule has 0 aromatic carbocycles. The van der Waals surface area contributed by atoms with Gasteiger partial charge in [0.1, 0.15) is 0 Å². The molecular formula is C15H26O3. The summed E-state index contributed by atoms with van der Waals surface area (Å²) < 4.78 is 0. The van der Waals surface area contributed by atoms with E-state index in [1.54, 1.807) is 0 Å². The van der Waals surface area contributed by atoms with Gasteiger partial charge in [0.2, 0.25) is 0 Å². The summed E-state index contributed by atoms with van der Waals surface area (Å²) in [6, 6.07) is 0. The van der Waals surface area contributed by atoms with Crippen LogP contribution in [0.15, 0.2) is 0 Å². The van der Waals surface area contributed by atoms with E-state index in [2.05, 4.69) is 0 Å². The molecule has 0 aliphatic heterocycles. The van der Waals surface area contributed by atoms with E-state index in [-0.39, 0.29) is 11.8 Å². The fraction of sp³-hybridized carbons (Fsp3) is 1.00. The lowest BCUT2D eigenvalue weighted by Crippen LogP contribution is -2.57. The van der Waals surface area contributed by atoms with Gasteiger partial charge in [0, 0.05) is 11.8 Å². The quantitative estimate of drug-likeness (QED) is 0.619. The number of aliphatic hydroxyl groups excluding tert-OH is 1. The fourth-order valence-electron chi connectivity index (χ4n) is 5.00. The highest BCUT2D eigenvalue weighted by Crippen LogP contribution is 2.53. The van der Waals surface area contributed by atoms with Gasteiger partial charge in [-0.1, -0.05) is 25.7 Å². The minimum Gasteiger partial charge on any atom is -0.393 e. The van der Waals surface area contributed by atoms with Crippen LogP contribution in [0, 0.1) is 11.8 Å². The Balaban J connectivity index is 1.98. The Morgan fingerprint density at radius 2 is 1.50 bits per heavy atom. The molecule has 3 fully saturated rings. The number of hydrogen-bond acceptors (Lipinski definition) is 3. The second kappa shape index (κ2) is 4.46. The number of hydrogen-bond donors (Lipinski definition) is 3. The van der Waals surface area contributed by atoms with Gasteiger partial charge in [-0.05, 0) is 38.5 Å². The van der Waals surface area contributed by atoms with Crippen molar-refractivity contribution in [2.45, 2.75) is 81.5 Å². The number of aliphatic hydroxyl groups is 3. The molecule has 3 aliphatic carbocycles. The van der Waals surface area contributed by atoms with Crippen molar-refractivity contribution in [2.24, 2.45) is 11.8 Å². The standard InChI is InChI=1S/C15H26O3/c16-12-7-10-14(17)8-3-2-6-13(14)15(18)9-4-1-5-11(12)15/h11-13,16-18H,1-10H2/t11-,12-,13+,14+,15-/m0/s1. The second-order valence-corrected chi connectivity index (χ2v) is 6.85. The molecule has 3 heteroatoms. The van der Waals surface area contributed by atoms with E-state index in [1.165, 1.54) is 0 Å². The predicted octanol–water partition coefficient (Wildman–Crippen LogP) is 1.98. The monoisotopic (exact) mass is 254 g/mol. The molecule has 0 aromatic heterocycles. The first-order valence-corrected chi connectivity index (χ1v) is 7.69. The molecule has 0 amide bonds. The molecule has 0 saturated heterocycles. The summed E-state index contributed by atoms with van der Waals surface area (Å²) in [5, 5.41) is 32.4. The molecule has 104 valence electrons. The molecule has 18 heavy (non-hydrogen) atoms. The summed E-state index contributed by atoms with van der Waals surface area (Å²) in [5.74, 6) is -0.0235. The lowest BCUT2D eigenvalue weighted by Gasteiger charge is -2.51. The predicted molar refractivity (Wildman–Crippen MR) is 69.1 cm³/mol. The molecule has 3 aliphatic rings. The van der Waals surface area contributed by atoms with Crippen molar-refractivity contribution in [1.82, 2.24) is 0 Å². The zero-order valence-electron chi connectivity index (χ0n) is 11.1. The zero-order valence-corrected chi connectivity index (χ0v) is 11.1. The largest absolute Gasteiger partial charge is 0.393 e. The van der Waals surface area contributed by atoms with E-state index < -0.39 is 17.3 Å². The van der Waals surface area contributed by atoms with E-state index >= 15 is 0 Å². The molecule has 0 spiro atoms. The van der Waals surface area contributed by atoms with Crippen LogP contribution >= 0.6 is 0 Å². The Labute approximate surface area is 109 Å². The summed E-state index contributed by atoms with van der Waals surface area (Å²) in [5.41, 5.74) is -1.54. The van der Waals surface area contributed by atoms with Gasteiger partial charge in [-0.15, -0.1) is 0 Å². The van der Waals surface area contributed by atoms with Crippen LogP contribution in [0.1, 0.15) is 64.2 Å². The Morgan fingerprint density at radius 1 is 0.778 bits per heavy atom. The maximum Gasteiger partial charge on any atom is 0.0755 e. The molecule has 3 N–H and O–H groups in total. The highest BCUT2D eigenvalue weighted by molar-refractivity contribution is 5.08. The molecule has 0 radical (unpaired) electrons. The van der Waals surface area contributed by atoms with E-state index in [0.717, 1.165) is 51.4 Å². The van der Waals surface area contributed by atoms with Crippen molar-refractivity contribution in [2.75, 3.05) is 0 Å². The Morgan fingerprint density at radius 3 is 2.33 bits per heavy atom. The van der Waals surface area contributed by atoms with Crippen molar-refractivity contribution in [1.29, 1.82) is 0 Å². The lowest BCUT2D eigenvalue weighted by atomic mass is 9.60. The van der Waals surface area contributed by atoms with Gasteiger partial charge in [-0.3, -0.25) is 0 Å². The molecule has 0 bridgehead atoms. The Hall–Kier alpha value is -0.120.